The van der Waals surface area contributed by atoms with Crippen molar-refractivity contribution in [2.75, 3.05) is 13.6 Å². The maximum Gasteiger partial charge on any atom is 0.191 e. The van der Waals surface area contributed by atoms with Gasteiger partial charge >= 0.3 is 0 Å². The number of hydrogen-bond donors (Lipinski definition) is 2. The average molecular weight is 503 g/mol. The number of halogens is 2. The highest BCUT2D eigenvalue weighted by atomic mass is 127. The fraction of sp³-hybridized carbons (Fsp3) is 0.400. The van der Waals surface area contributed by atoms with Crippen LogP contribution in [0.15, 0.2) is 47.6 Å². The molecule has 1 aromatic carbocycles. The van der Waals surface area contributed by atoms with Crippen molar-refractivity contribution >= 4 is 41.5 Å². The van der Waals surface area contributed by atoms with E-state index in [0.717, 1.165) is 35.8 Å². The number of aliphatic imine (C=N–C) groups is 1. The highest BCUT2D eigenvalue weighted by Gasteiger charge is 2.14. The summed E-state index contributed by atoms with van der Waals surface area (Å²) in [6, 6.07) is 11.8. The molecule has 0 aliphatic heterocycles. The summed E-state index contributed by atoms with van der Waals surface area (Å²) in [5, 5.41) is 7.15. The molecular formula is C20H28ClIN4O. The van der Waals surface area contributed by atoms with Crippen LogP contribution in [0.25, 0.3) is 0 Å². The van der Waals surface area contributed by atoms with Gasteiger partial charge in [-0.2, -0.15) is 0 Å². The van der Waals surface area contributed by atoms with E-state index in [1.165, 1.54) is 0 Å². The Labute approximate surface area is 184 Å². The van der Waals surface area contributed by atoms with E-state index in [4.69, 9.17) is 16.3 Å². The molecule has 0 spiro atoms. The van der Waals surface area contributed by atoms with Gasteiger partial charge < -0.3 is 15.4 Å². The average Bonchev–Trinajstić information content (AvgIpc) is 2.59. The molecule has 0 saturated carbocycles. The number of nitrogens with zero attached hydrogens (tertiary/aromatic N) is 2. The first kappa shape index (κ1) is 23.5. The predicted molar refractivity (Wildman–Crippen MR) is 123 cm³/mol. The van der Waals surface area contributed by atoms with E-state index >= 15 is 0 Å². The zero-order valence-corrected chi connectivity index (χ0v) is 19.3. The number of benzene rings is 1. The summed E-state index contributed by atoms with van der Waals surface area (Å²) < 4.78 is 6.03. The summed E-state index contributed by atoms with van der Waals surface area (Å²) in [4.78, 5) is 8.36. The molecule has 1 heterocycles. The van der Waals surface area contributed by atoms with Crippen molar-refractivity contribution in [3.8, 4) is 5.75 Å². The summed E-state index contributed by atoms with van der Waals surface area (Å²) in [5.41, 5.74) is 1.98. The Balaban J connectivity index is 0.00000364. The lowest BCUT2D eigenvalue weighted by molar-refractivity contribution is 0.129. The third kappa shape index (κ3) is 8.79. The zero-order valence-electron chi connectivity index (χ0n) is 16.3. The van der Waals surface area contributed by atoms with Crippen LogP contribution in [-0.4, -0.2) is 30.1 Å². The molecule has 2 aromatic rings. The molecule has 1 aromatic heterocycles. The fourth-order valence-electron chi connectivity index (χ4n) is 2.36. The maximum absolute atomic E-state index is 6.03. The van der Waals surface area contributed by atoms with E-state index in [0.29, 0.717) is 11.7 Å². The Bertz CT molecular complexity index is 730. The number of pyridine rings is 1. The predicted octanol–water partition coefficient (Wildman–Crippen LogP) is 4.44. The van der Waals surface area contributed by atoms with Gasteiger partial charge in [-0.25, -0.2) is 4.98 Å². The minimum Gasteiger partial charge on any atom is -0.488 e. The fourth-order valence-corrected chi connectivity index (χ4v) is 2.47. The Hall–Kier alpha value is -1.54. The first-order valence-corrected chi connectivity index (χ1v) is 9.07. The number of nitrogens with one attached hydrogen (secondary N) is 2. The topological polar surface area (TPSA) is 58.5 Å². The number of guanidine groups is 1. The lowest BCUT2D eigenvalue weighted by atomic mass is 10.1. The molecule has 7 heteroatoms. The highest BCUT2D eigenvalue weighted by molar-refractivity contribution is 14.0. The number of aromatic nitrogens is 1. The molecule has 0 radical (unpaired) electrons. The lowest BCUT2D eigenvalue weighted by Gasteiger charge is -2.23. The van der Waals surface area contributed by atoms with Crippen LogP contribution in [-0.2, 0) is 13.0 Å². The summed E-state index contributed by atoms with van der Waals surface area (Å²) in [5.74, 6) is 1.63. The molecule has 27 heavy (non-hydrogen) atoms. The van der Waals surface area contributed by atoms with E-state index in [2.05, 4.69) is 26.7 Å². The molecule has 2 rings (SSSR count). The second kappa shape index (κ2) is 11.3. The van der Waals surface area contributed by atoms with Gasteiger partial charge in [0.25, 0.3) is 0 Å². The minimum absolute atomic E-state index is 0. The van der Waals surface area contributed by atoms with Gasteiger partial charge in [0.1, 0.15) is 16.5 Å². The molecule has 5 nitrogen and oxygen atoms in total. The standard InChI is InChI=1S/C20H27ClN4O.HI/c1-20(2,3)26-17-8-6-5-7-16(17)14-25-19(22-4)23-12-11-15-9-10-18(21)24-13-15;/h5-10,13H,11-12,14H2,1-4H3,(H2,22,23,25);1H. The molecule has 0 bridgehead atoms. The second-order valence-corrected chi connectivity index (χ2v) is 7.30. The molecule has 0 aliphatic carbocycles. The van der Waals surface area contributed by atoms with Crippen LogP contribution in [0.4, 0.5) is 0 Å². The quantitative estimate of drug-likeness (QED) is 0.265. The van der Waals surface area contributed by atoms with Crippen LogP contribution < -0.4 is 15.4 Å². The third-order valence-corrected chi connectivity index (χ3v) is 3.78. The van der Waals surface area contributed by atoms with Gasteiger partial charge in [0, 0.05) is 31.9 Å². The van der Waals surface area contributed by atoms with Gasteiger partial charge in [0.15, 0.2) is 5.96 Å². The molecule has 0 unspecified atom stereocenters. The Morgan fingerprint density at radius 3 is 2.52 bits per heavy atom. The normalized spacial score (nSPS) is 11.5. The molecule has 2 N–H and O–H groups in total. The monoisotopic (exact) mass is 502 g/mol. The molecule has 0 atom stereocenters. The number of hydrogen-bond acceptors (Lipinski definition) is 3. The van der Waals surface area contributed by atoms with E-state index < -0.39 is 0 Å². The van der Waals surface area contributed by atoms with E-state index in [-0.39, 0.29) is 29.6 Å². The summed E-state index contributed by atoms with van der Waals surface area (Å²) in [6.07, 6.45) is 2.63. The first-order chi connectivity index (χ1) is 12.4. The van der Waals surface area contributed by atoms with Crippen molar-refractivity contribution in [1.82, 2.24) is 15.6 Å². The molecule has 0 amide bonds. The molecule has 0 saturated heterocycles. The minimum atomic E-state index is -0.233. The van der Waals surface area contributed by atoms with Crippen LogP contribution in [0.5, 0.6) is 5.75 Å². The first-order valence-electron chi connectivity index (χ1n) is 8.69. The van der Waals surface area contributed by atoms with Gasteiger partial charge in [-0.15, -0.1) is 24.0 Å². The maximum atomic E-state index is 6.03. The van der Waals surface area contributed by atoms with Gasteiger partial charge in [-0.05, 0) is 44.9 Å². The van der Waals surface area contributed by atoms with Crippen molar-refractivity contribution < 1.29 is 4.74 Å². The Kier molecular flexibility index (Phi) is 9.87. The zero-order chi connectivity index (χ0) is 19.0. The van der Waals surface area contributed by atoms with Crippen LogP contribution in [0.1, 0.15) is 31.9 Å². The number of ether oxygens (including phenoxy) is 1. The van der Waals surface area contributed by atoms with Crippen molar-refractivity contribution in [2.24, 2.45) is 4.99 Å². The van der Waals surface area contributed by atoms with Gasteiger partial charge in [-0.3, -0.25) is 4.99 Å². The van der Waals surface area contributed by atoms with Crippen LogP contribution >= 0.6 is 35.6 Å². The summed E-state index contributed by atoms with van der Waals surface area (Å²) in [6.45, 7) is 7.52. The van der Waals surface area contributed by atoms with Crippen molar-refractivity contribution in [3.63, 3.8) is 0 Å². The van der Waals surface area contributed by atoms with Gasteiger partial charge in [0.2, 0.25) is 0 Å². The van der Waals surface area contributed by atoms with Crippen LogP contribution in [0.3, 0.4) is 0 Å². The van der Waals surface area contributed by atoms with Crippen LogP contribution in [0, 0.1) is 0 Å². The summed E-state index contributed by atoms with van der Waals surface area (Å²) in [7, 11) is 1.76. The SMILES string of the molecule is CN=C(NCCc1ccc(Cl)nc1)NCc1ccccc1OC(C)(C)C.I. The van der Waals surface area contributed by atoms with E-state index in [1.807, 2.05) is 45.0 Å². The third-order valence-electron chi connectivity index (χ3n) is 3.55. The molecular weight excluding hydrogens is 475 g/mol. The van der Waals surface area contributed by atoms with E-state index in [9.17, 15) is 0 Å². The van der Waals surface area contributed by atoms with Crippen LogP contribution in [0.2, 0.25) is 5.15 Å². The van der Waals surface area contributed by atoms with E-state index in [1.54, 1.807) is 19.3 Å². The van der Waals surface area contributed by atoms with Crippen molar-refractivity contribution in [3.05, 3.63) is 58.9 Å². The molecule has 0 aliphatic rings. The van der Waals surface area contributed by atoms with Crippen molar-refractivity contribution in [1.29, 1.82) is 0 Å². The van der Waals surface area contributed by atoms with Gasteiger partial charge in [-0.1, -0.05) is 35.9 Å². The lowest BCUT2D eigenvalue weighted by Crippen LogP contribution is -2.38. The van der Waals surface area contributed by atoms with Gasteiger partial charge in [0.05, 0.1) is 0 Å². The summed E-state index contributed by atoms with van der Waals surface area (Å²) >= 11 is 5.80. The Morgan fingerprint density at radius 2 is 1.89 bits per heavy atom. The second-order valence-electron chi connectivity index (χ2n) is 6.91. The smallest absolute Gasteiger partial charge is 0.191 e. The highest BCUT2D eigenvalue weighted by Crippen LogP contribution is 2.22. The number of para-hydroxylation sites is 1. The number of rotatable bonds is 6. The largest absolute Gasteiger partial charge is 0.488 e. The molecule has 148 valence electrons. The van der Waals surface area contributed by atoms with Crippen molar-refractivity contribution in [2.45, 2.75) is 39.3 Å². The Morgan fingerprint density at radius 1 is 1.15 bits per heavy atom. The molecule has 0 fully saturated rings.